The summed E-state index contributed by atoms with van der Waals surface area (Å²) in [5, 5.41) is 12.6. The Bertz CT molecular complexity index is 1460. The third-order valence-electron chi connectivity index (χ3n) is 7.25. The molecule has 6 rings (SSSR count). The molecule has 1 aromatic heterocycles. The quantitative estimate of drug-likeness (QED) is 0.279. The molecule has 0 spiro atoms. The molecule has 3 aromatic carbocycles. The van der Waals surface area contributed by atoms with Crippen LogP contribution in [0.2, 0.25) is 15.1 Å². The van der Waals surface area contributed by atoms with Gasteiger partial charge in [-0.05, 0) is 54.3 Å². The number of hydrogen-bond acceptors (Lipinski definition) is 4. The van der Waals surface area contributed by atoms with Crippen LogP contribution in [0, 0.1) is 0 Å². The van der Waals surface area contributed by atoms with Crippen LogP contribution in [-0.4, -0.2) is 39.0 Å². The van der Waals surface area contributed by atoms with Crippen LogP contribution in [0.1, 0.15) is 30.0 Å². The number of nitrogens with one attached hydrogen (secondary N) is 1. The largest absolute Gasteiger partial charge is 0.333 e. The van der Waals surface area contributed by atoms with E-state index in [-0.39, 0.29) is 6.03 Å². The Balaban J connectivity index is 1.41. The molecule has 0 radical (unpaired) electrons. The maximum Gasteiger partial charge on any atom is 0.326 e. The summed E-state index contributed by atoms with van der Waals surface area (Å²) in [6, 6.07) is 17.4. The standard InChI is InChI=1S/C28H25Cl3N6O/c29-23-5-2-1-4-20(23)21-14-18(17-35-11-8-19(9-12-35)36-13-10-33-34-36)15-26-22(21)16-32-28(38)37(26)27-24(30)6-3-7-25(27)31/h1-7,10,13-15,19H,8-9,11-12,16-17H2,(H,32,38). The molecule has 7 nitrogen and oxygen atoms in total. The molecule has 3 heterocycles. The van der Waals surface area contributed by atoms with Gasteiger partial charge >= 0.3 is 6.03 Å². The predicted octanol–water partition coefficient (Wildman–Crippen LogP) is 7.10. The van der Waals surface area contributed by atoms with E-state index in [1.165, 1.54) is 0 Å². The number of carbonyl (C=O) groups excluding carboxylic acids is 1. The zero-order valence-corrected chi connectivity index (χ0v) is 22.7. The molecule has 2 aliphatic heterocycles. The summed E-state index contributed by atoms with van der Waals surface area (Å²) < 4.78 is 1.95. The van der Waals surface area contributed by atoms with Crippen molar-refractivity contribution in [1.82, 2.24) is 25.2 Å². The third-order valence-corrected chi connectivity index (χ3v) is 8.19. The summed E-state index contributed by atoms with van der Waals surface area (Å²) in [4.78, 5) is 17.3. The van der Waals surface area contributed by atoms with Crippen LogP contribution in [0.15, 0.2) is 67.0 Å². The fourth-order valence-corrected chi connectivity index (χ4v) is 6.20. The molecule has 2 aliphatic rings. The Morgan fingerprint density at radius 1 is 0.921 bits per heavy atom. The van der Waals surface area contributed by atoms with Crippen molar-refractivity contribution in [2.24, 2.45) is 0 Å². The average molecular weight is 568 g/mol. The van der Waals surface area contributed by atoms with Crippen molar-refractivity contribution >= 4 is 52.2 Å². The highest BCUT2D eigenvalue weighted by molar-refractivity contribution is 6.40. The van der Waals surface area contributed by atoms with E-state index in [0.717, 1.165) is 60.4 Å². The number of nitrogens with zero attached hydrogens (tertiary/aromatic N) is 5. The van der Waals surface area contributed by atoms with Gasteiger partial charge < -0.3 is 5.32 Å². The first-order valence-electron chi connectivity index (χ1n) is 12.5. The van der Waals surface area contributed by atoms with E-state index < -0.39 is 0 Å². The Morgan fingerprint density at radius 3 is 2.37 bits per heavy atom. The molecule has 4 aromatic rings. The summed E-state index contributed by atoms with van der Waals surface area (Å²) in [5.74, 6) is 0. The van der Waals surface area contributed by atoms with E-state index in [1.54, 1.807) is 29.3 Å². The predicted molar refractivity (Wildman–Crippen MR) is 151 cm³/mol. The number of fused-ring (bicyclic) bond motifs is 1. The van der Waals surface area contributed by atoms with Crippen molar-refractivity contribution in [3.63, 3.8) is 0 Å². The fourth-order valence-electron chi connectivity index (χ4n) is 5.40. The van der Waals surface area contributed by atoms with Crippen LogP contribution < -0.4 is 10.2 Å². The second kappa shape index (κ2) is 10.6. The number of piperidine rings is 1. The maximum atomic E-state index is 13.3. The lowest BCUT2D eigenvalue weighted by Crippen LogP contribution is -2.42. The van der Waals surface area contributed by atoms with Crippen LogP contribution in [0.4, 0.5) is 16.2 Å². The molecule has 194 valence electrons. The van der Waals surface area contributed by atoms with Gasteiger partial charge in [-0.3, -0.25) is 9.80 Å². The number of aromatic nitrogens is 3. The molecule has 1 fully saturated rings. The highest BCUT2D eigenvalue weighted by atomic mass is 35.5. The summed E-state index contributed by atoms with van der Waals surface area (Å²) in [5.41, 5.74) is 5.16. The number of para-hydroxylation sites is 1. The van der Waals surface area contributed by atoms with Crippen molar-refractivity contribution in [3.8, 4) is 11.1 Å². The van der Waals surface area contributed by atoms with Gasteiger partial charge in [0.15, 0.2) is 0 Å². The third kappa shape index (κ3) is 4.76. The van der Waals surface area contributed by atoms with E-state index in [1.807, 2.05) is 35.1 Å². The van der Waals surface area contributed by atoms with Crippen LogP contribution in [0.5, 0.6) is 0 Å². The topological polar surface area (TPSA) is 66.3 Å². The number of amides is 2. The summed E-state index contributed by atoms with van der Waals surface area (Å²) in [6.45, 7) is 2.98. The first kappa shape index (κ1) is 25.2. The summed E-state index contributed by atoms with van der Waals surface area (Å²) in [6.07, 6.45) is 5.65. The first-order chi connectivity index (χ1) is 18.5. The smallest absolute Gasteiger partial charge is 0.326 e. The van der Waals surface area contributed by atoms with Gasteiger partial charge in [0.05, 0.1) is 33.7 Å². The lowest BCUT2D eigenvalue weighted by molar-refractivity contribution is 0.172. The minimum atomic E-state index is -0.275. The van der Waals surface area contributed by atoms with Gasteiger partial charge in [-0.25, -0.2) is 9.48 Å². The number of rotatable bonds is 5. The minimum absolute atomic E-state index is 0.275. The number of urea groups is 1. The number of hydrogen-bond donors (Lipinski definition) is 1. The number of anilines is 2. The number of likely N-dealkylation sites (tertiary alicyclic amines) is 1. The first-order valence-corrected chi connectivity index (χ1v) is 13.6. The van der Waals surface area contributed by atoms with Gasteiger partial charge in [-0.1, -0.05) is 64.3 Å². The van der Waals surface area contributed by atoms with Gasteiger partial charge in [0.1, 0.15) is 0 Å². The molecular formula is C28H25Cl3N6O. The number of benzene rings is 3. The Hall–Kier alpha value is -3.10. The maximum absolute atomic E-state index is 13.3. The molecule has 1 N–H and O–H groups in total. The molecule has 38 heavy (non-hydrogen) atoms. The fraction of sp³-hybridized carbons (Fsp3) is 0.250. The summed E-state index contributed by atoms with van der Waals surface area (Å²) in [7, 11) is 0. The van der Waals surface area contributed by atoms with Gasteiger partial charge in [0, 0.05) is 48.5 Å². The van der Waals surface area contributed by atoms with Crippen molar-refractivity contribution < 1.29 is 4.79 Å². The van der Waals surface area contributed by atoms with E-state index in [2.05, 4.69) is 32.7 Å². The van der Waals surface area contributed by atoms with Crippen LogP contribution in [0.25, 0.3) is 11.1 Å². The van der Waals surface area contributed by atoms with Crippen LogP contribution in [0.3, 0.4) is 0 Å². The lowest BCUT2D eigenvalue weighted by Gasteiger charge is -2.35. The van der Waals surface area contributed by atoms with Gasteiger partial charge in [0.2, 0.25) is 0 Å². The van der Waals surface area contributed by atoms with E-state index in [4.69, 9.17) is 34.8 Å². The molecule has 0 aliphatic carbocycles. The number of halogens is 3. The molecular weight excluding hydrogens is 543 g/mol. The molecule has 1 saturated heterocycles. The minimum Gasteiger partial charge on any atom is -0.333 e. The van der Waals surface area contributed by atoms with Gasteiger partial charge in [-0.2, -0.15) is 0 Å². The Labute approximate surface area is 235 Å². The van der Waals surface area contributed by atoms with Crippen LogP contribution in [-0.2, 0) is 13.1 Å². The van der Waals surface area contributed by atoms with E-state index in [0.29, 0.717) is 33.3 Å². The second-order valence-electron chi connectivity index (χ2n) is 9.58. The highest BCUT2D eigenvalue weighted by Crippen LogP contribution is 2.45. The zero-order chi connectivity index (χ0) is 26.2. The van der Waals surface area contributed by atoms with E-state index >= 15 is 0 Å². The zero-order valence-electron chi connectivity index (χ0n) is 20.4. The summed E-state index contributed by atoms with van der Waals surface area (Å²) >= 11 is 19.8. The molecule has 2 amide bonds. The average Bonchev–Trinajstić information content (AvgIpc) is 3.45. The van der Waals surface area contributed by atoms with E-state index in [9.17, 15) is 4.79 Å². The van der Waals surface area contributed by atoms with Crippen molar-refractivity contribution in [1.29, 1.82) is 0 Å². The molecule has 0 unspecified atom stereocenters. The van der Waals surface area contributed by atoms with Gasteiger partial charge in [-0.15, -0.1) is 5.10 Å². The van der Waals surface area contributed by atoms with Gasteiger partial charge in [0.25, 0.3) is 0 Å². The van der Waals surface area contributed by atoms with Crippen LogP contribution >= 0.6 is 34.8 Å². The normalized spacial score (nSPS) is 16.4. The SMILES string of the molecule is O=C1NCc2c(-c3ccccc3Cl)cc(CN3CCC(n4ccnn4)CC3)cc2N1c1c(Cl)cccc1Cl. The lowest BCUT2D eigenvalue weighted by atomic mass is 9.93. The molecule has 0 bridgehead atoms. The Kier molecular flexibility index (Phi) is 7.01. The molecule has 0 atom stereocenters. The monoisotopic (exact) mass is 566 g/mol. The van der Waals surface area contributed by atoms with Crippen molar-refractivity contribution in [3.05, 3.63) is 93.2 Å². The van der Waals surface area contributed by atoms with Crippen molar-refractivity contribution in [2.75, 3.05) is 18.0 Å². The molecule has 0 saturated carbocycles. The molecule has 10 heteroatoms. The Morgan fingerprint density at radius 2 is 1.66 bits per heavy atom. The second-order valence-corrected chi connectivity index (χ2v) is 10.8. The number of carbonyl (C=O) groups is 1. The van der Waals surface area contributed by atoms with Crippen molar-refractivity contribution in [2.45, 2.75) is 32.0 Å². The highest BCUT2D eigenvalue weighted by Gasteiger charge is 2.32.